The summed E-state index contributed by atoms with van der Waals surface area (Å²) in [5, 5.41) is 22.7. The van der Waals surface area contributed by atoms with Crippen molar-refractivity contribution in [3.8, 4) is 11.8 Å². The average molecular weight is 575 g/mol. The van der Waals surface area contributed by atoms with Crippen molar-refractivity contribution >= 4 is 55.2 Å². The Morgan fingerprint density at radius 3 is 2.27 bits per heavy atom. The van der Waals surface area contributed by atoms with Crippen LogP contribution in [0.2, 0.25) is 0 Å². The van der Waals surface area contributed by atoms with Gasteiger partial charge in [0.2, 0.25) is 0 Å². The molecule has 0 unspecified atom stereocenters. The molecule has 10 heteroatoms. The zero-order valence-corrected chi connectivity index (χ0v) is 19.9. The number of nitriles is 1. The van der Waals surface area contributed by atoms with Gasteiger partial charge in [-0.25, -0.2) is 4.39 Å². The van der Waals surface area contributed by atoms with E-state index >= 15 is 0 Å². The third kappa shape index (κ3) is 6.47. The molecule has 0 aromatic heterocycles. The number of benzene rings is 3. The van der Waals surface area contributed by atoms with Crippen LogP contribution >= 0.6 is 31.9 Å². The van der Waals surface area contributed by atoms with E-state index in [1.165, 1.54) is 42.5 Å². The molecule has 0 bridgehead atoms. The molecule has 3 aromatic rings. The van der Waals surface area contributed by atoms with Crippen LogP contribution in [0.4, 0.5) is 15.8 Å². The number of hydrogen-bond donors (Lipinski definition) is 1. The van der Waals surface area contributed by atoms with Gasteiger partial charge in [-0.1, -0.05) is 0 Å². The van der Waals surface area contributed by atoms with Gasteiger partial charge >= 0.3 is 0 Å². The summed E-state index contributed by atoms with van der Waals surface area (Å²) in [5.74, 6) is -0.579. The van der Waals surface area contributed by atoms with Crippen LogP contribution in [0.1, 0.15) is 11.1 Å². The van der Waals surface area contributed by atoms with Crippen LogP contribution in [0, 0.1) is 27.3 Å². The smallest absolute Gasteiger partial charge is 0.269 e. The van der Waals surface area contributed by atoms with Crippen LogP contribution in [0.5, 0.6) is 5.75 Å². The number of nitrogens with zero attached hydrogens (tertiary/aromatic N) is 2. The first-order valence-electron chi connectivity index (χ1n) is 9.30. The fraction of sp³-hybridized carbons (Fsp3) is 0.0435. The first-order chi connectivity index (χ1) is 15.8. The van der Waals surface area contributed by atoms with E-state index < -0.39 is 16.6 Å². The molecule has 0 heterocycles. The first kappa shape index (κ1) is 24.1. The van der Waals surface area contributed by atoms with Crippen molar-refractivity contribution < 1.29 is 18.8 Å². The predicted molar refractivity (Wildman–Crippen MR) is 128 cm³/mol. The highest BCUT2D eigenvalue weighted by Gasteiger charge is 2.13. The molecule has 1 amide bonds. The fourth-order valence-corrected chi connectivity index (χ4v) is 4.17. The second kappa shape index (κ2) is 10.8. The monoisotopic (exact) mass is 573 g/mol. The van der Waals surface area contributed by atoms with Crippen molar-refractivity contribution in [2.24, 2.45) is 0 Å². The summed E-state index contributed by atoms with van der Waals surface area (Å²) in [4.78, 5) is 22.7. The Morgan fingerprint density at radius 2 is 1.73 bits per heavy atom. The predicted octanol–water partition coefficient (Wildman–Crippen LogP) is 6.38. The van der Waals surface area contributed by atoms with E-state index in [1.807, 2.05) is 6.07 Å². The van der Waals surface area contributed by atoms with Crippen molar-refractivity contribution in [1.82, 2.24) is 0 Å². The number of anilines is 1. The molecule has 0 saturated carbocycles. The number of nitrogens with one attached hydrogen (secondary N) is 1. The average Bonchev–Trinajstić information content (AvgIpc) is 2.78. The molecule has 0 aliphatic carbocycles. The summed E-state index contributed by atoms with van der Waals surface area (Å²) in [6.45, 7) is 0.175. The molecule has 0 atom stereocenters. The molecule has 0 aliphatic rings. The zero-order chi connectivity index (χ0) is 24.0. The third-order valence-corrected chi connectivity index (χ3v) is 5.51. The van der Waals surface area contributed by atoms with Crippen LogP contribution in [0.3, 0.4) is 0 Å². The Bertz CT molecular complexity index is 1250. The minimum atomic E-state index is -0.630. The normalized spacial score (nSPS) is 10.9. The number of nitro groups is 1. The van der Waals surface area contributed by atoms with Crippen LogP contribution in [0.25, 0.3) is 6.08 Å². The first-order valence-corrected chi connectivity index (χ1v) is 10.9. The minimum absolute atomic E-state index is 0.00554. The van der Waals surface area contributed by atoms with Gasteiger partial charge in [-0.2, -0.15) is 5.26 Å². The lowest BCUT2D eigenvalue weighted by Gasteiger charge is -2.12. The summed E-state index contributed by atoms with van der Waals surface area (Å²) in [6.07, 6.45) is 1.41. The summed E-state index contributed by atoms with van der Waals surface area (Å²) < 4.78 is 20.0. The summed E-state index contributed by atoms with van der Waals surface area (Å²) in [5.41, 5.74) is 1.52. The van der Waals surface area contributed by atoms with Crippen molar-refractivity contribution in [2.75, 3.05) is 5.32 Å². The Morgan fingerprint density at radius 1 is 1.12 bits per heavy atom. The molecule has 0 spiro atoms. The Kier molecular flexibility index (Phi) is 7.92. The highest BCUT2D eigenvalue weighted by molar-refractivity contribution is 9.11. The van der Waals surface area contributed by atoms with Crippen LogP contribution in [-0.2, 0) is 11.4 Å². The molecule has 3 rings (SSSR count). The molecule has 1 N–H and O–H groups in total. The van der Waals surface area contributed by atoms with Gasteiger partial charge in [-0.15, -0.1) is 0 Å². The Hall–Kier alpha value is -3.55. The van der Waals surface area contributed by atoms with Gasteiger partial charge in [-0.3, -0.25) is 14.9 Å². The summed E-state index contributed by atoms with van der Waals surface area (Å²) in [6, 6.07) is 16.4. The molecular formula is C23H14Br2FN3O4. The van der Waals surface area contributed by atoms with Crippen molar-refractivity contribution in [1.29, 1.82) is 5.26 Å². The van der Waals surface area contributed by atoms with Gasteiger partial charge in [0.15, 0.2) is 0 Å². The van der Waals surface area contributed by atoms with E-state index in [9.17, 15) is 24.6 Å². The van der Waals surface area contributed by atoms with Crippen molar-refractivity contribution in [2.45, 2.75) is 6.61 Å². The molecular weight excluding hydrogens is 561 g/mol. The van der Waals surface area contributed by atoms with Gasteiger partial charge in [0.05, 0.1) is 13.9 Å². The quantitative estimate of drug-likeness (QED) is 0.152. The van der Waals surface area contributed by atoms with E-state index in [2.05, 4.69) is 37.2 Å². The molecule has 33 heavy (non-hydrogen) atoms. The van der Waals surface area contributed by atoms with Gasteiger partial charge in [0, 0.05) is 17.8 Å². The maximum absolute atomic E-state index is 13.0. The number of carbonyl (C=O) groups is 1. The van der Waals surface area contributed by atoms with Crippen LogP contribution < -0.4 is 10.1 Å². The van der Waals surface area contributed by atoms with E-state index in [4.69, 9.17) is 4.74 Å². The molecule has 7 nitrogen and oxygen atoms in total. The highest BCUT2D eigenvalue weighted by Crippen LogP contribution is 2.36. The van der Waals surface area contributed by atoms with E-state index in [0.29, 0.717) is 25.9 Å². The van der Waals surface area contributed by atoms with E-state index in [-0.39, 0.29) is 17.9 Å². The topological polar surface area (TPSA) is 105 Å². The number of halogens is 3. The largest absolute Gasteiger partial charge is 0.487 e. The second-order valence-electron chi connectivity index (χ2n) is 6.66. The van der Waals surface area contributed by atoms with Crippen LogP contribution in [0.15, 0.2) is 75.2 Å². The number of hydrogen-bond acceptors (Lipinski definition) is 5. The number of carbonyl (C=O) groups excluding carboxylic acids is 1. The summed E-state index contributed by atoms with van der Waals surface area (Å²) in [7, 11) is 0. The molecule has 3 aromatic carbocycles. The van der Waals surface area contributed by atoms with Crippen molar-refractivity contribution in [3.63, 3.8) is 0 Å². The van der Waals surface area contributed by atoms with Gasteiger partial charge in [0.1, 0.15) is 29.8 Å². The maximum atomic E-state index is 13.0. The van der Waals surface area contributed by atoms with Crippen LogP contribution in [-0.4, -0.2) is 10.8 Å². The minimum Gasteiger partial charge on any atom is -0.487 e. The van der Waals surface area contributed by atoms with Crippen molar-refractivity contribution in [3.05, 3.63) is 102 Å². The molecule has 0 fully saturated rings. The summed E-state index contributed by atoms with van der Waals surface area (Å²) >= 11 is 6.84. The standard InChI is InChI=1S/C23H14Br2FN3O4/c24-20-10-15(9-16(12-27)23(30)28-18-5-3-17(26)4-6-18)11-21(25)22(20)33-13-14-1-7-19(8-2-14)29(31)32/h1-11H,13H2,(H,28,30)/b16-9+. The lowest BCUT2D eigenvalue weighted by Crippen LogP contribution is -2.13. The maximum Gasteiger partial charge on any atom is 0.269 e. The van der Waals surface area contributed by atoms with Gasteiger partial charge in [-0.05, 0) is 97.6 Å². The molecule has 166 valence electrons. The van der Waals surface area contributed by atoms with Gasteiger partial charge in [0.25, 0.3) is 11.6 Å². The zero-order valence-electron chi connectivity index (χ0n) is 16.7. The number of non-ortho nitro benzene ring substituents is 1. The molecule has 0 radical (unpaired) electrons. The Labute approximate surface area is 204 Å². The SMILES string of the molecule is N#C/C(=C\c1cc(Br)c(OCc2ccc([N+](=O)[O-])cc2)c(Br)c1)C(=O)Nc1ccc(F)cc1. The molecule has 0 saturated heterocycles. The second-order valence-corrected chi connectivity index (χ2v) is 8.37. The Balaban J connectivity index is 1.74. The van der Waals surface area contributed by atoms with E-state index in [0.717, 1.165) is 5.56 Å². The number of amides is 1. The lowest BCUT2D eigenvalue weighted by molar-refractivity contribution is -0.384. The fourth-order valence-electron chi connectivity index (χ4n) is 2.72. The lowest BCUT2D eigenvalue weighted by atomic mass is 10.1. The van der Waals surface area contributed by atoms with Gasteiger partial charge < -0.3 is 10.1 Å². The number of rotatable bonds is 7. The van der Waals surface area contributed by atoms with E-state index in [1.54, 1.807) is 24.3 Å². The molecule has 0 aliphatic heterocycles. The number of ether oxygens (including phenoxy) is 1. The number of nitro benzene ring substituents is 1. The highest BCUT2D eigenvalue weighted by atomic mass is 79.9. The third-order valence-electron chi connectivity index (χ3n) is 4.33.